The van der Waals surface area contributed by atoms with Crippen LogP contribution < -0.4 is 11.1 Å². The molecule has 1 aromatic rings. The molecule has 5 nitrogen and oxygen atoms in total. The van der Waals surface area contributed by atoms with Gasteiger partial charge in [-0.15, -0.1) is 0 Å². The minimum Gasteiger partial charge on any atom is -0.398 e. The summed E-state index contributed by atoms with van der Waals surface area (Å²) in [6, 6.07) is 4.16. The molecule has 0 radical (unpaired) electrons. The zero-order valence-corrected chi connectivity index (χ0v) is 13.5. The highest BCUT2D eigenvalue weighted by atomic mass is 35.5. The van der Waals surface area contributed by atoms with Crippen molar-refractivity contribution < 1.29 is 13.2 Å². The molecule has 0 aliphatic carbocycles. The maximum absolute atomic E-state index is 12.4. The zero-order chi connectivity index (χ0) is 15.7. The number of hydrogen-bond donors (Lipinski definition) is 2. The third-order valence-electron chi connectivity index (χ3n) is 2.62. The van der Waals surface area contributed by atoms with Crippen molar-refractivity contribution in [2.75, 3.05) is 5.73 Å². The number of hydrogen-bond acceptors (Lipinski definition) is 4. The van der Waals surface area contributed by atoms with Crippen molar-refractivity contribution in [3.63, 3.8) is 0 Å². The SMILES string of the molecule is CC(C(=O)NC(C)(C)C)S(=O)(=O)c1cc(Cl)ccc1N. The topological polar surface area (TPSA) is 89.3 Å². The zero-order valence-electron chi connectivity index (χ0n) is 11.9. The quantitative estimate of drug-likeness (QED) is 0.834. The van der Waals surface area contributed by atoms with Gasteiger partial charge < -0.3 is 11.1 Å². The van der Waals surface area contributed by atoms with E-state index in [0.29, 0.717) is 0 Å². The van der Waals surface area contributed by atoms with Gasteiger partial charge in [-0.2, -0.15) is 0 Å². The highest BCUT2D eigenvalue weighted by Crippen LogP contribution is 2.26. The second-order valence-corrected chi connectivity index (χ2v) is 8.28. The van der Waals surface area contributed by atoms with E-state index in [4.69, 9.17) is 17.3 Å². The predicted octanol–water partition coefficient (Wildman–Crippen LogP) is 2.00. The van der Waals surface area contributed by atoms with Crippen molar-refractivity contribution in [1.82, 2.24) is 5.32 Å². The van der Waals surface area contributed by atoms with Crippen molar-refractivity contribution in [3.05, 3.63) is 23.2 Å². The lowest BCUT2D eigenvalue weighted by Gasteiger charge is -2.23. The fraction of sp³-hybridized carbons (Fsp3) is 0.462. The summed E-state index contributed by atoms with van der Waals surface area (Å²) < 4.78 is 24.9. The Balaban J connectivity index is 3.16. The van der Waals surface area contributed by atoms with Crippen LogP contribution in [0.4, 0.5) is 5.69 Å². The van der Waals surface area contributed by atoms with Crippen LogP contribution in [0.1, 0.15) is 27.7 Å². The summed E-state index contributed by atoms with van der Waals surface area (Å²) in [5, 5.41) is 1.64. The molecule has 3 N–H and O–H groups in total. The van der Waals surface area contributed by atoms with E-state index in [1.54, 1.807) is 20.8 Å². The molecule has 1 amide bonds. The van der Waals surface area contributed by atoms with Crippen LogP contribution in [0.3, 0.4) is 0 Å². The number of benzene rings is 1. The van der Waals surface area contributed by atoms with Gasteiger partial charge in [0.1, 0.15) is 5.25 Å². The molecule has 0 saturated carbocycles. The number of carbonyl (C=O) groups excluding carboxylic acids is 1. The fourth-order valence-corrected chi connectivity index (χ4v) is 3.20. The van der Waals surface area contributed by atoms with E-state index in [-0.39, 0.29) is 15.6 Å². The molecule has 0 fully saturated rings. The molecule has 112 valence electrons. The lowest BCUT2D eigenvalue weighted by molar-refractivity contribution is -0.121. The lowest BCUT2D eigenvalue weighted by Crippen LogP contribution is -2.47. The molecule has 0 aliphatic heterocycles. The third kappa shape index (κ3) is 3.86. The van der Waals surface area contributed by atoms with Crippen molar-refractivity contribution in [2.45, 2.75) is 43.4 Å². The number of nitrogens with two attached hydrogens (primary N) is 1. The Morgan fingerprint density at radius 2 is 1.90 bits per heavy atom. The van der Waals surface area contributed by atoms with Gasteiger partial charge in [0, 0.05) is 10.6 Å². The maximum atomic E-state index is 12.4. The summed E-state index contributed by atoms with van der Waals surface area (Å²) in [5.74, 6) is -0.572. The Hall–Kier alpha value is -1.27. The average molecular weight is 319 g/mol. The molecule has 0 bridgehead atoms. The van der Waals surface area contributed by atoms with Crippen LogP contribution in [0.15, 0.2) is 23.1 Å². The first-order chi connectivity index (χ1) is 8.95. The number of anilines is 1. The summed E-state index contributed by atoms with van der Waals surface area (Å²) >= 11 is 5.79. The van der Waals surface area contributed by atoms with E-state index in [0.717, 1.165) is 0 Å². The molecular formula is C13H19ClN2O3S. The van der Waals surface area contributed by atoms with Crippen LogP contribution in [0.2, 0.25) is 5.02 Å². The van der Waals surface area contributed by atoms with Crippen LogP contribution in [-0.2, 0) is 14.6 Å². The Morgan fingerprint density at radius 1 is 1.35 bits per heavy atom. The Bertz CT molecular complexity index is 621. The number of sulfone groups is 1. The van der Waals surface area contributed by atoms with Crippen molar-refractivity contribution in [2.24, 2.45) is 0 Å². The second kappa shape index (κ2) is 5.61. The first kappa shape index (κ1) is 16.8. The monoisotopic (exact) mass is 318 g/mol. The van der Waals surface area contributed by atoms with Gasteiger partial charge in [0.15, 0.2) is 9.84 Å². The number of carbonyl (C=O) groups is 1. The van der Waals surface area contributed by atoms with E-state index < -0.39 is 26.5 Å². The van der Waals surface area contributed by atoms with E-state index in [1.807, 2.05) is 0 Å². The molecule has 0 saturated heterocycles. The molecule has 1 rings (SSSR count). The molecule has 1 unspecified atom stereocenters. The van der Waals surface area contributed by atoms with Crippen LogP contribution in [0.25, 0.3) is 0 Å². The first-order valence-corrected chi connectivity index (χ1v) is 7.98. The minimum absolute atomic E-state index is 0.0739. The summed E-state index contributed by atoms with van der Waals surface area (Å²) in [5.41, 5.74) is 5.23. The summed E-state index contributed by atoms with van der Waals surface area (Å²) in [6.07, 6.45) is 0. The van der Waals surface area contributed by atoms with Gasteiger partial charge in [-0.3, -0.25) is 4.79 Å². The minimum atomic E-state index is -3.89. The van der Waals surface area contributed by atoms with Gasteiger partial charge in [0.05, 0.1) is 10.6 Å². The fourth-order valence-electron chi connectivity index (χ4n) is 1.56. The van der Waals surface area contributed by atoms with Gasteiger partial charge >= 0.3 is 0 Å². The predicted molar refractivity (Wildman–Crippen MR) is 80.4 cm³/mol. The van der Waals surface area contributed by atoms with Crippen molar-refractivity contribution in [1.29, 1.82) is 0 Å². The van der Waals surface area contributed by atoms with Crippen molar-refractivity contribution >= 4 is 33.0 Å². The molecule has 0 aromatic heterocycles. The van der Waals surface area contributed by atoms with Crippen molar-refractivity contribution in [3.8, 4) is 0 Å². The van der Waals surface area contributed by atoms with Gasteiger partial charge in [-0.05, 0) is 45.9 Å². The third-order valence-corrected chi connectivity index (χ3v) is 4.96. The molecule has 7 heteroatoms. The van der Waals surface area contributed by atoms with Gasteiger partial charge in [-0.1, -0.05) is 11.6 Å². The largest absolute Gasteiger partial charge is 0.398 e. The number of amides is 1. The van der Waals surface area contributed by atoms with Gasteiger partial charge in [0.2, 0.25) is 5.91 Å². The standard InChI is InChI=1S/C13H19ClN2O3S/c1-8(12(17)16-13(2,3)4)20(18,19)11-7-9(14)5-6-10(11)15/h5-8H,15H2,1-4H3,(H,16,17). The van der Waals surface area contributed by atoms with E-state index in [1.165, 1.54) is 25.1 Å². The Morgan fingerprint density at radius 3 is 2.40 bits per heavy atom. The maximum Gasteiger partial charge on any atom is 0.238 e. The number of nitrogen functional groups attached to an aromatic ring is 1. The summed E-state index contributed by atoms with van der Waals surface area (Å²) in [7, 11) is -3.89. The first-order valence-electron chi connectivity index (χ1n) is 6.06. The highest BCUT2D eigenvalue weighted by molar-refractivity contribution is 7.93. The van der Waals surface area contributed by atoms with E-state index in [9.17, 15) is 13.2 Å². The van der Waals surface area contributed by atoms with Crippen LogP contribution >= 0.6 is 11.6 Å². The Kier molecular flexibility index (Phi) is 4.71. The molecule has 0 spiro atoms. The van der Waals surface area contributed by atoms with E-state index in [2.05, 4.69) is 5.32 Å². The highest BCUT2D eigenvalue weighted by Gasteiger charge is 2.33. The normalized spacial score (nSPS) is 13.8. The summed E-state index contributed by atoms with van der Waals surface area (Å²) in [6.45, 7) is 6.66. The average Bonchev–Trinajstić information content (AvgIpc) is 2.28. The number of nitrogens with one attached hydrogen (secondary N) is 1. The smallest absolute Gasteiger partial charge is 0.238 e. The van der Waals surface area contributed by atoms with Crippen LogP contribution in [0, 0.1) is 0 Å². The Labute approximate surface area is 124 Å². The summed E-state index contributed by atoms with van der Waals surface area (Å²) in [4.78, 5) is 11.9. The molecule has 1 atom stereocenters. The molecule has 1 aromatic carbocycles. The van der Waals surface area contributed by atoms with Crippen LogP contribution in [-0.4, -0.2) is 25.1 Å². The molecule has 0 heterocycles. The molecular weight excluding hydrogens is 300 g/mol. The number of halogens is 1. The number of rotatable bonds is 3. The van der Waals surface area contributed by atoms with Gasteiger partial charge in [-0.25, -0.2) is 8.42 Å². The lowest BCUT2D eigenvalue weighted by atomic mass is 10.1. The van der Waals surface area contributed by atoms with E-state index >= 15 is 0 Å². The second-order valence-electron chi connectivity index (χ2n) is 5.61. The molecule has 0 aliphatic rings. The van der Waals surface area contributed by atoms with Gasteiger partial charge in [0.25, 0.3) is 0 Å². The molecule has 20 heavy (non-hydrogen) atoms. The van der Waals surface area contributed by atoms with Crippen LogP contribution in [0.5, 0.6) is 0 Å².